The first-order valence-electron chi connectivity index (χ1n) is 8.92. The molecule has 2 aliphatic rings. The number of likely N-dealkylation sites (tertiary alicyclic amines) is 1. The highest BCUT2D eigenvalue weighted by molar-refractivity contribution is 5.89. The Kier molecular flexibility index (Phi) is 4.88. The quantitative estimate of drug-likeness (QED) is 0.852. The Hall–Kier alpha value is -1.91. The van der Waals surface area contributed by atoms with Gasteiger partial charge >= 0.3 is 0 Å². The van der Waals surface area contributed by atoms with Crippen molar-refractivity contribution in [2.75, 3.05) is 13.6 Å². The van der Waals surface area contributed by atoms with Crippen LogP contribution >= 0.6 is 0 Å². The molecule has 3 rings (SSSR count). The molecule has 1 atom stereocenters. The predicted molar refractivity (Wildman–Crippen MR) is 92.3 cm³/mol. The van der Waals surface area contributed by atoms with Crippen LogP contribution in [0.15, 0.2) is 12.1 Å². The first-order chi connectivity index (χ1) is 11.4. The predicted octanol–water partition coefficient (Wildman–Crippen LogP) is 2.45. The number of hydrogen-bond acceptors (Lipinski definition) is 3. The molecule has 0 radical (unpaired) electrons. The van der Waals surface area contributed by atoms with Gasteiger partial charge in [0.05, 0.1) is 18.2 Å². The zero-order valence-corrected chi connectivity index (χ0v) is 14.9. The summed E-state index contributed by atoms with van der Waals surface area (Å²) in [6.07, 6.45) is 4.95. The summed E-state index contributed by atoms with van der Waals surface area (Å²) in [5.41, 5.74) is 3.02. The van der Waals surface area contributed by atoms with E-state index in [4.69, 9.17) is 0 Å². The van der Waals surface area contributed by atoms with Gasteiger partial charge < -0.3 is 9.80 Å². The molecule has 0 spiro atoms. The van der Waals surface area contributed by atoms with Crippen LogP contribution in [0.25, 0.3) is 0 Å². The van der Waals surface area contributed by atoms with Gasteiger partial charge in [0.2, 0.25) is 11.8 Å². The van der Waals surface area contributed by atoms with E-state index < -0.39 is 0 Å². The van der Waals surface area contributed by atoms with Crippen molar-refractivity contribution in [2.24, 2.45) is 5.92 Å². The number of carbonyl (C=O) groups excluding carboxylic acids is 2. The van der Waals surface area contributed by atoms with Gasteiger partial charge in [-0.25, -0.2) is 0 Å². The van der Waals surface area contributed by atoms with Crippen LogP contribution in [0, 0.1) is 19.8 Å². The molecule has 1 aliphatic carbocycles. The van der Waals surface area contributed by atoms with Crippen molar-refractivity contribution in [3.63, 3.8) is 0 Å². The molecule has 2 fully saturated rings. The third kappa shape index (κ3) is 3.60. The zero-order chi connectivity index (χ0) is 17.3. The SMILES string of the molecule is Cc1cc(C)nc(CN(C)C(=O)[C@@H]2CC(=O)N(C3CCCC3)C2)c1. The average Bonchev–Trinajstić information content (AvgIpc) is 3.14. The van der Waals surface area contributed by atoms with Crippen LogP contribution in [0.1, 0.15) is 49.1 Å². The maximum atomic E-state index is 12.7. The van der Waals surface area contributed by atoms with E-state index in [0.29, 0.717) is 25.6 Å². The third-order valence-corrected chi connectivity index (χ3v) is 5.20. The number of hydrogen-bond donors (Lipinski definition) is 0. The molecule has 1 saturated carbocycles. The maximum Gasteiger partial charge on any atom is 0.228 e. The van der Waals surface area contributed by atoms with E-state index in [0.717, 1.165) is 29.8 Å². The number of aryl methyl sites for hydroxylation is 2. The topological polar surface area (TPSA) is 53.5 Å². The molecule has 1 aromatic rings. The zero-order valence-electron chi connectivity index (χ0n) is 14.9. The van der Waals surface area contributed by atoms with E-state index in [1.165, 1.54) is 12.8 Å². The van der Waals surface area contributed by atoms with Crippen LogP contribution in [0.5, 0.6) is 0 Å². The minimum Gasteiger partial charge on any atom is -0.340 e. The highest BCUT2D eigenvalue weighted by atomic mass is 16.2. The van der Waals surface area contributed by atoms with Crippen LogP contribution in [0.4, 0.5) is 0 Å². The molecule has 0 unspecified atom stereocenters. The van der Waals surface area contributed by atoms with Crippen molar-refractivity contribution in [2.45, 2.75) is 58.5 Å². The minimum atomic E-state index is -0.200. The van der Waals surface area contributed by atoms with Crippen LogP contribution in [-0.4, -0.2) is 46.2 Å². The monoisotopic (exact) mass is 329 g/mol. The molecule has 1 aromatic heterocycles. The Labute approximate surface area is 144 Å². The smallest absolute Gasteiger partial charge is 0.228 e. The van der Waals surface area contributed by atoms with Crippen molar-refractivity contribution >= 4 is 11.8 Å². The molecule has 0 aromatic carbocycles. The largest absolute Gasteiger partial charge is 0.340 e. The molecule has 1 saturated heterocycles. The lowest BCUT2D eigenvalue weighted by Crippen LogP contribution is -2.37. The first kappa shape index (κ1) is 16.9. The number of nitrogens with zero attached hydrogens (tertiary/aromatic N) is 3. The Morgan fingerprint density at radius 1 is 1.29 bits per heavy atom. The molecule has 0 bridgehead atoms. The molecule has 2 heterocycles. The molecule has 5 nitrogen and oxygen atoms in total. The van der Waals surface area contributed by atoms with Gasteiger partial charge in [-0.1, -0.05) is 12.8 Å². The van der Waals surface area contributed by atoms with Gasteiger partial charge in [-0.15, -0.1) is 0 Å². The summed E-state index contributed by atoms with van der Waals surface area (Å²) in [7, 11) is 1.81. The second kappa shape index (κ2) is 6.91. The second-order valence-corrected chi connectivity index (χ2v) is 7.36. The molecule has 1 aliphatic heterocycles. The summed E-state index contributed by atoms with van der Waals surface area (Å²) < 4.78 is 0. The van der Waals surface area contributed by atoms with Crippen molar-refractivity contribution in [1.29, 1.82) is 0 Å². The second-order valence-electron chi connectivity index (χ2n) is 7.36. The number of carbonyl (C=O) groups is 2. The molecule has 130 valence electrons. The standard InChI is InChI=1S/C19H27N3O2/c1-13-8-14(2)20-16(9-13)12-21(3)19(24)15-10-18(23)22(11-15)17-6-4-5-7-17/h8-9,15,17H,4-7,10-12H2,1-3H3/t15-/m1/s1. The van der Waals surface area contributed by atoms with Gasteiger partial charge in [0.25, 0.3) is 0 Å². The lowest BCUT2D eigenvalue weighted by Gasteiger charge is -2.25. The molecule has 0 N–H and O–H groups in total. The van der Waals surface area contributed by atoms with E-state index in [-0.39, 0.29) is 17.7 Å². The molecular formula is C19H27N3O2. The van der Waals surface area contributed by atoms with Gasteiger partial charge in [0.15, 0.2) is 0 Å². The summed E-state index contributed by atoms with van der Waals surface area (Å²) in [4.78, 5) is 33.2. The van der Waals surface area contributed by atoms with Gasteiger partial charge in [0.1, 0.15) is 0 Å². The van der Waals surface area contributed by atoms with Crippen molar-refractivity contribution in [3.05, 3.63) is 29.1 Å². The van der Waals surface area contributed by atoms with Gasteiger partial charge in [-0.05, 0) is 44.4 Å². The van der Waals surface area contributed by atoms with Crippen molar-refractivity contribution in [3.8, 4) is 0 Å². The normalized spacial score (nSPS) is 21.5. The Morgan fingerprint density at radius 2 is 2.00 bits per heavy atom. The number of pyridine rings is 1. The lowest BCUT2D eigenvalue weighted by molar-refractivity contribution is -0.135. The van der Waals surface area contributed by atoms with Gasteiger partial charge in [0, 0.05) is 31.7 Å². The van der Waals surface area contributed by atoms with Gasteiger partial charge in [-0.3, -0.25) is 14.6 Å². The summed E-state index contributed by atoms with van der Waals surface area (Å²) in [6, 6.07) is 4.41. The Bertz CT molecular complexity index is 617. The summed E-state index contributed by atoms with van der Waals surface area (Å²) in [6.45, 7) is 5.09. The van der Waals surface area contributed by atoms with Gasteiger partial charge in [-0.2, -0.15) is 0 Å². The number of aromatic nitrogens is 1. The lowest BCUT2D eigenvalue weighted by atomic mass is 10.1. The number of rotatable bonds is 4. The highest BCUT2D eigenvalue weighted by Crippen LogP contribution is 2.30. The molecule has 5 heteroatoms. The van der Waals surface area contributed by atoms with E-state index in [9.17, 15) is 9.59 Å². The summed E-state index contributed by atoms with van der Waals surface area (Å²) in [5.74, 6) is 0.0111. The molecular weight excluding hydrogens is 302 g/mol. The van der Waals surface area contributed by atoms with Crippen LogP contribution in [0.2, 0.25) is 0 Å². The van der Waals surface area contributed by atoms with E-state index in [1.54, 1.807) is 4.90 Å². The van der Waals surface area contributed by atoms with Crippen LogP contribution in [-0.2, 0) is 16.1 Å². The minimum absolute atomic E-state index is 0.0600. The summed E-state index contributed by atoms with van der Waals surface area (Å²) in [5, 5.41) is 0. The molecule has 24 heavy (non-hydrogen) atoms. The van der Waals surface area contributed by atoms with Crippen LogP contribution < -0.4 is 0 Å². The summed E-state index contributed by atoms with van der Waals surface area (Å²) >= 11 is 0. The average molecular weight is 329 g/mol. The van der Waals surface area contributed by atoms with E-state index in [1.807, 2.05) is 37.9 Å². The van der Waals surface area contributed by atoms with E-state index >= 15 is 0 Å². The fourth-order valence-electron chi connectivity index (χ4n) is 4.10. The maximum absolute atomic E-state index is 12.7. The first-order valence-corrected chi connectivity index (χ1v) is 8.92. The van der Waals surface area contributed by atoms with Crippen molar-refractivity contribution < 1.29 is 9.59 Å². The Morgan fingerprint density at radius 3 is 2.67 bits per heavy atom. The van der Waals surface area contributed by atoms with E-state index in [2.05, 4.69) is 4.98 Å². The van der Waals surface area contributed by atoms with Crippen molar-refractivity contribution in [1.82, 2.24) is 14.8 Å². The fourth-order valence-corrected chi connectivity index (χ4v) is 4.10. The third-order valence-electron chi connectivity index (χ3n) is 5.20. The molecule has 2 amide bonds. The highest BCUT2D eigenvalue weighted by Gasteiger charge is 2.39. The Balaban J connectivity index is 1.62. The fraction of sp³-hybridized carbons (Fsp3) is 0.632. The van der Waals surface area contributed by atoms with Crippen LogP contribution in [0.3, 0.4) is 0 Å². The number of amides is 2.